The van der Waals surface area contributed by atoms with Gasteiger partial charge in [0.2, 0.25) is 0 Å². The zero-order valence-electron chi connectivity index (χ0n) is 12.0. The number of hydrogen-bond acceptors (Lipinski definition) is 8. The Balaban J connectivity index is 0.00000264. The van der Waals surface area contributed by atoms with Crippen LogP contribution in [0.15, 0.2) is 24.3 Å². The number of carboxylic acids is 4. The fourth-order valence-electron chi connectivity index (χ4n) is 2.10. The second-order valence-electron chi connectivity index (χ2n) is 4.26. The van der Waals surface area contributed by atoms with Crippen molar-refractivity contribution in [1.82, 2.24) is 0 Å². The number of fused-ring (bicyclic) bond motifs is 1. The number of hydrogen-bond donors (Lipinski definition) is 0. The minimum absolute atomic E-state index is 0. The first-order valence-electron chi connectivity index (χ1n) is 5.70. The first kappa shape index (κ1) is 23.1. The van der Waals surface area contributed by atoms with Crippen LogP contribution in [-0.2, 0) is 0 Å². The fourth-order valence-corrected chi connectivity index (χ4v) is 2.10. The maximum absolute atomic E-state index is 11.1. The monoisotopic (exact) mass is 380 g/mol. The molecule has 0 radical (unpaired) electrons. The molecule has 0 saturated heterocycles. The molecule has 24 heavy (non-hydrogen) atoms. The molecule has 2 aromatic carbocycles. The summed E-state index contributed by atoms with van der Waals surface area (Å²) in [7, 11) is 0. The van der Waals surface area contributed by atoms with Crippen LogP contribution in [0.4, 0.5) is 0 Å². The summed E-state index contributed by atoms with van der Waals surface area (Å²) < 4.78 is 0. The molecule has 2 rings (SSSR count). The van der Waals surface area contributed by atoms with Crippen molar-refractivity contribution >= 4 is 110 Å². The topological polar surface area (TPSA) is 161 Å². The molecule has 0 atom stereocenters. The first-order chi connectivity index (χ1) is 10.2. The molecule has 0 fully saturated rings. The van der Waals surface area contributed by atoms with E-state index in [9.17, 15) is 39.6 Å². The van der Waals surface area contributed by atoms with Gasteiger partial charge in [0.05, 0.1) is 23.9 Å². The van der Waals surface area contributed by atoms with Crippen molar-refractivity contribution < 1.29 is 39.6 Å². The summed E-state index contributed by atoms with van der Waals surface area (Å²) in [6, 6.07) is 3.54. The zero-order chi connectivity index (χ0) is 16.6. The number of rotatable bonds is 4. The van der Waals surface area contributed by atoms with Gasteiger partial charge in [0.1, 0.15) is 0 Å². The minimum Gasteiger partial charge on any atom is -0.545 e. The van der Waals surface area contributed by atoms with Crippen LogP contribution in [0.1, 0.15) is 41.4 Å². The van der Waals surface area contributed by atoms with Gasteiger partial charge < -0.3 is 39.6 Å². The second-order valence-corrected chi connectivity index (χ2v) is 4.26. The SMILES string of the molecule is O=C([O-])c1cc2ccc(C(=O)[O-])c(C(=O)[O-])c2cc1C(=O)[O-].[Ca+2].[Ca+2]. The number of carboxylic acid groups (broad SMARTS) is 4. The molecular weight excluding hydrogens is 376 g/mol. The van der Waals surface area contributed by atoms with E-state index in [1.165, 1.54) is 0 Å². The van der Waals surface area contributed by atoms with Crippen LogP contribution >= 0.6 is 0 Å². The van der Waals surface area contributed by atoms with E-state index in [1.54, 1.807) is 0 Å². The van der Waals surface area contributed by atoms with Gasteiger partial charge in [-0.25, -0.2) is 0 Å². The molecule has 0 aliphatic carbocycles. The largest absolute Gasteiger partial charge is 2.00 e. The third-order valence-electron chi connectivity index (χ3n) is 3.02. The van der Waals surface area contributed by atoms with E-state index in [4.69, 9.17) is 0 Å². The van der Waals surface area contributed by atoms with Crippen LogP contribution in [0.5, 0.6) is 0 Å². The smallest absolute Gasteiger partial charge is 0.545 e. The summed E-state index contributed by atoms with van der Waals surface area (Å²) in [5, 5.41) is 43.6. The second kappa shape index (κ2) is 8.98. The molecule has 0 saturated carbocycles. The van der Waals surface area contributed by atoms with Crippen molar-refractivity contribution in [1.29, 1.82) is 0 Å². The molecule has 10 heteroatoms. The average molecular weight is 380 g/mol. The predicted octanol–water partition coefficient (Wildman–Crippen LogP) is -4.47. The van der Waals surface area contributed by atoms with Crippen LogP contribution in [0, 0.1) is 0 Å². The van der Waals surface area contributed by atoms with E-state index in [0.29, 0.717) is 6.07 Å². The summed E-state index contributed by atoms with van der Waals surface area (Å²) in [6.07, 6.45) is 0. The molecule has 2 aromatic rings. The van der Waals surface area contributed by atoms with Crippen molar-refractivity contribution in [3.05, 3.63) is 46.5 Å². The molecule has 8 nitrogen and oxygen atoms in total. The molecule has 112 valence electrons. The van der Waals surface area contributed by atoms with Gasteiger partial charge in [0.25, 0.3) is 0 Å². The van der Waals surface area contributed by atoms with Gasteiger partial charge in [-0.2, -0.15) is 0 Å². The Labute approximate surface area is 194 Å². The molecule has 0 aromatic heterocycles. The molecule has 0 aliphatic rings. The molecule has 0 spiro atoms. The number of carbonyl (C=O) groups is 4. The molecule has 0 heterocycles. The quantitative estimate of drug-likeness (QED) is 0.480. The van der Waals surface area contributed by atoms with E-state index in [0.717, 1.165) is 18.2 Å². The van der Waals surface area contributed by atoms with Crippen LogP contribution < -0.4 is 20.4 Å². The molecule has 0 bridgehead atoms. The molecule has 0 amide bonds. The van der Waals surface area contributed by atoms with Gasteiger partial charge in [-0.15, -0.1) is 0 Å². The van der Waals surface area contributed by atoms with Gasteiger partial charge >= 0.3 is 75.5 Å². The minimum atomic E-state index is -1.88. The third kappa shape index (κ3) is 4.38. The Morgan fingerprint density at radius 3 is 1.50 bits per heavy atom. The summed E-state index contributed by atoms with van der Waals surface area (Å²) in [6.45, 7) is 0. The van der Waals surface area contributed by atoms with Crippen LogP contribution in [0.2, 0.25) is 0 Å². The van der Waals surface area contributed by atoms with Crippen molar-refractivity contribution in [2.45, 2.75) is 0 Å². The van der Waals surface area contributed by atoms with Crippen molar-refractivity contribution in [2.75, 3.05) is 0 Å². The number of benzene rings is 2. The fraction of sp³-hybridized carbons (Fsp3) is 0. The Bertz CT molecular complexity index is 847. The van der Waals surface area contributed by atoms with Gasteiger partial charge in [-0.05, 0) is 22.9 Å². The van der Waals surface area contributed by atoms with Gasteiger partial charge in [0.15, 0.2) is 0 Å². The standard InChI is InChI=1S/C14H8O8.2Ca/c15-11(16)6-2-1-5-3-8(12(17)18)9(13(19)20)4-7(5)10(6)14(21)22;;/h1-4H,(H,15,16)(H,17,18)(H,19,20)(H,21,22);;/q;2*+2/p-4. The Kier molecular flexibility index (Phi) is 8.64. The van der Waals surface area contributed by atoms with Gasteiger partial charge in [-0.1, -0.05) is 12.1 Å². The van der Waals surface area contributed by atoms with E-state index >= 15 is 0 Å². The number of carbonyl (C=O) groups excluding carboxylic acids is 4. The normalized spacial score (nSPS) is 9.50. The Morgan fingerprint density at radius 2 is 1.08 bits per heavy atom. The maximum atomic E-state index is 11.1. The Hall–Kier alpha value is -0.901. The van der Waals surface area contributed by atoms with E-state index < -0.39 is 46.1 Å². The maximum Gasteiger partial charge on any atom is 2.00 e. The van der Waals surface area contributed by atoms with Crippen molar-refractivity contribution in [3.8, 4) is 0 Å². The predicted molar refractivity (Wildman–Crippen MR) is 72.8 cm³/mol. The third-order valence-corrected chi connectivity index (χ3v) is 3.02. The summed E-state index contributed by atoms with van der Waals surface area (Å²) in [5.74, 6) is -7.38. The van der Waals surface area contributed by atoms with Crippen LogP contribution in [0.3, 0.4) is 0 Å². The molecule has 0 unspecified atom stereocenters. The molecule has 0 aliphatic heterocycles. The van der Waals surface area contributed by atoms with E-state index in [2.05, 4.69) is 0 Å². The average Bonchev–Trinajstić information content (AvgIpc) is 2.43. The summed E-state index contributed by atoms with van der Waals surface area (Å²) in [4.78, 5) is 44.0. The first-order valence-corrected chi connectivity index (χ1v) is 5.70. The van der Waals surface area contributed by atoms with Crippen molar-refractivity contribution in [3.63, 3.8) is 0 Å². The van der Waals surface area contributed by atoms with Crippen molar-refractivity contribution in [2.24, 2.45) is 0 Å². The Morgan fingerprint density at radius 1 is 0.625 bits per heavy atom. The van der Waals surface area contributed by atoms with Gasteiger partial charge in [-0.3, -0.25) is 0 Å². The van der Waals surface area contributed by atoms with E-state index in [-0.39, 0.29) is 86.2 Å². The van der Waals surface area contributed by atoms with Crippen LogP contribution in [0.25, 0.3) is 10.8 Å². The summed E-state index contributed by atoms with van der Waals surface area (Å²) in [5.41, 5.74) is -3.11. The van der Waals surface area contributed by atoms with Gasteiger partial charge in [0, 0.05) is 22.3 Å². The molecular formula is C14H4Ca2O8. The summed E-state index contributed by atoms with van der Waals surface area (Å²) >= 11 is 0. The number of aromatic carboxylic acids is 4. The van der Waals surface area contributed by atoms with E-state index in [1.807, 2.05) is 0 Å². The zero-order valence-corrected chi connectivity index (χ0v) is 16.4. The molecule has 0 N–H and O–H groups in total. The van der Waals surface area contributed by atoms with Crippen LogP contribution in [-0.4, -0.2) is 99.4 Å².